The maximum atomic E-state index is 12.6. The van der Waals surface area contributed by atoms with E-state index in [9.17, 15) is 4.79 Å². The summed E-state index contributed by atoms with van der Waals surface area (Å²) < 4.78 is 0. The third kappa shape index (κ3) is 2.84. The lowest BCUT2D eigenvalue weighted by atomic mass is 9.87. The first kappa shape index (κ1) is 14.6. The molecule has 0 aliphatic heterocycles. The second-order valence-electron chi connectivity index (χ2n) is 6.24. The highest BCUT2D eigenvalue weighted by molar-refractivity contribution is 5.95. The van der Waals surface area contributed by atoms with Gasteiger partial charge in [0, 0.05) is 11.3 Å². The molecule has 3 heteroatoms. The monoisotopic (exact) mass is 294 g/mol. The fourth-order valence-corrected chi connectivity index (χ4v) is 3.38. The summed E-state index contributed by atoms with van der Waals surface area (Å²) in [4.78, 5) is 12.6. The van der Waals surface area contributed by atoms with Crippen LogP contribution in [0.2, 0.25) is 0 Å². The summed E-state index contributed by atoms with van der Waals surface area (Å²) in [6.07, 6.45) is 4.27. The van der Waals surface area contributed by atoms with E-state index in [1.807, 2.05) is 12.1 Å². The van der Waals surface area contributed by atoms with Crippen molar-refractivity contribution in [2.24, 2.45) is 0 Å². The SMILES string of the molecule is Cc1cccc(C2(NC(=O)c3cccc(N)c3)CCCC2)c1. The summed E-state index contributed by atoms with van der Waals surface area (Å²) in [5.74, 6) is -0.0456. The number of nitrogens with two attached hydrogens (primary N) is 1. The number of nitrogen functional groups attached to an aromatic ring is 1. The molecular weight excluding hydrogens is 272 g/mol. The van der Waals surface area contributed by atoms with E-state index >= 15 is 0 Å². The average Bonchev–Trinajstić information content (AvgIpc) is 2.97. The molecule has 0 heterocycles. The van der Waals surface area contributed by atoms with Crippen LogP contribution in [0.15, 0.2) is 48.5 Å². The zero-order chi connectivity index (χ0) is 15.6. The van der Waals surface area contributed by atoms with Crippen molar-refractivity contribution in [3.8, 4) is 0 Å². The van der Waals surface area contributed by atoms with E-state index in [1.165, 1.54) is 11.1 Å². The first-order chi connectivity index (χ1) is 10.6. The van der Waals surface area contributed by atoms with Gasteiger partial charge in [-0.2, -0.15) is 0 Å². The molecule has 2 aromatic rings. The Bertz CT molecular complexity index is 687. The van der Waals surface area contributed by atoms with Crippen molar-refractivity contribution >= 4 is 11.6 Å². The van der Waals surface area contributed by atoms with Crippen LogP contribution in [0.25, 0.3) is 0 Å². The Kier molecular flexibility index (Phi) is 3.88. The number of hydrogen-bond donors (Lipinski definition) is 2. The third-order valence-electron chi connectivity index (χ3n) is 4.53. The number of amides is 1. The maximum absolute atomic E-state index is 12.6. The van der Waals surface area contributed by atoms with E-state index in [1.54, 1.807) is 12.1 Å². The van der Waals surface area contributed by atoms with Gasteiger partial charge in [0.25, 0.3) is 5.91 Å². The van der Waals surface area contributed by atoms with Gasteiger partial charge in [0.2, 0.25) is 0 Å². The van der Waals surface area contributed by atoms with E-state index in [0.29, 0.717) is 11.3 Å². The molecule has 1 aliphatic carbocycles. The van der Waals surface area contributed by atoms with Gasteiger partial charge < -0.3 is 11.1 Å². The van der Waals surface area contributed by atoms with Gasteiger partial charge in [-0.05, 0) is 43.5 Å². The van der Waals surface area contributed by atoms with Crippen molar-refractivity contribution in [1.29, 1.82) is 0 Å². The minimum atomic E-state index is -0.242. The Morgan fingerprint density at radius 3 is 2.50 bits per heavy atom. The van der Waals surface area contributed by atoms with E-state index in [2.05, 4.69) is 36.5 Å². The predicted octanol–water partition coefficient (Wildman–Crippen LogP) is 3.78. The first-order valence-electron chi connectivity index (χ1n) is 7.84. The highest BCUT2D eigenvalue weighted by Gasteiger charge is 2.37. The molecule has 1 saturated carbocycles. The molecule has 0 saturated heterocycles. The molecule has 0 radical (unpaired) electrons. The number of rotatable bonds is 3. The van der Waals surface area contributed by atoms with Gasteiger partial charge in [0.15, 0.2) is 0 Å². The second kappa shape index (κ2) is 5.84. The number of carbonyl (C=O) groups excluding carboxylic acids is 1. The number of anilines is 1. The minimum absolute atomic E-state index is 0.0456. The fourth-order valence-electron chi connectivity index (χ4n) is 3.38. The van der Waals surface area contributed by atoms with E-state index in [4.69, 9.17) is 5.73 Å². The van der Waals surface area contributed by atoms with Crippen LogP contribution in [0.3, 0.4) is 0 Å². The van der Waals surface area contributed by atoms with Gasteiger partial charge in [0.05, 0.1) is 5.54 Å². The molecular formula is C19H22N2O. The van der Waals surface area contributed by atoms with Crippen molar-refractivity contribution < 1.29 is 4.79 Å². The summed E-state index contributed by atoms with van der Waals surface area (Å²) in [6.45, 7) is 2.09. The number of benzene rings is 2. The lowest BCUT2D eigenvalue weighted by molar-refractivity contribution is 0.0898. The molecule has 3 nitrogen and oxygen atoms in total. The van der Waals surface area contributed by atoms with Gasteiger partial charge in [-0.3, -0.25) is 4.79 Å². The van der Waals surface area contributed by atoms with Gasteiger partial charge >= 0.3 is 0 Å². The summed E-state index contributed by atoms with van der Waals surface area (Å²) in [5.41, 5.74) is 9.22. The van der Waals surface area contributed by atoms with Crippen molar-refractivity contribution in [2.75, 3.05) is 5.73 Å². The van der Waals surface area contributed by atoms with E-state index in [0.717, 1.165) is 25.7 Å². The van der Waals surface area contributed by atoms with Crippen LogP contribution in [0.1, 0.15) is 47.2 Å². The summed E-state index contributed by atoms with van der Waals surface area (Å²) in [7, 11) is 0. The predicted molar refractivity (Wildman–Crippen MR) is 89.6 cm³/mol. The zero-order valence-corrected chi connectivity index (χ0v) is 12.9. The van der Waals surface area contributed by atoms with Crippen LogP contribution in [-0.4, -0.2) is 5.91 Å². The van der Waals surface area contributed by atoms with E-state index in [-0.39, 0.29) is 11.4 Å². The summed E-state index contributed by atoms with van der Waals surface area (Å²) >= 11 is 0. The molecule has 22 heavy (non-hydrogen) atoms. The molecule has 3 N–H and O–H groups in total. The quantitative estimate of drug-likeness (QED) is 0.846. The third-order valence-corrected chi connectivity index (χ3v) is 4.53. The average molecular weight is 294 g/mol. The Hall–Kier alpha value is -2.29. The molecule has 1 amide bonds. The van der Waals surface area contributed by atoms with Gasteiger partial charge in [-0.1, -0.05) is 48.7 Å². The lowest BCUT2D eigenvalue weighted by Gasteiger charge is -2.31. The van der Waals surface area contributed by atoms with E-state index < -0.39 is 0 Å². The zero-order valence-electron chi connectivity index (χ0n) is 12.9. The molecule has 2 aromatic carbocycles. The molecule has 0 aromatic heterocycles. The molecule has 1 fully saturated rings. The van der Waals surface area contributed by atoms with Crippen LogP contribution in [0, 0.1) is 6.92 Å². The van der Waals surface area contributed by atoms with Crippen molar-refractivity contribution in [3.63, 3.8) is 0 Å². The minimum Gasteiger partial charge on any atom is -0.399 e. The molecule has 114 valence electrons. The van der Waals surface area contributed by atoms with Gasteiger partial charge in [-0.15, -0.1) is 0 Å². The Morgan fingerprint density at radius 2 is 1.82 bits per heavy atom. The van der Waals surface area contributed by atoms with Crippen LogP contribution in [0.4, 0.5) is 5.69 Å². The molecule has 0 atom stereocenters. The summed E-state index contributed by atoms with van der Waals surface area (Å²) in [5, 5.41) is 3.28. The van der Waals surface area contributed by atoms with Crippen molar-refractivity contribution in [2.45, 2.75) is 38.1 Å². The summed E-state index contributed by atoms with van der Waals surface area (Å²) in [6, 6.07) is 15.6. The number of hydrogen-bond acceptors (Lipinski definition) is 2. The smallest absolute Gasteiger partial charge is 0.252 e. The highest BCUT2D eigenvalue weighted by Crippen LogP contribution is 2.39. The molecule has 0 spiro atoms. The fraction of sp³-hybridized carbons (Fsp3) is 0.316. The Balaban J connectivity index is 1.90. The lowest BCUT2D eigenvalue weighted by Crippen LogP contribution is -2.43. The maximum Gasteiger partial charge on any atom is 0.252 e. The number of nitrogens with one attached hydrogen (secondary N) is 1. The highest BCUT2D eigenvalue weighted by atomic mass is 16.1. The molecule has 0 unspecified atom stereocenters. The van der Waals surface area contributed by atoms with Crippen LogP contribution < -0.4 is 11.1 Å². The number of aryl methyl sites for hydroxylation is 1. The second-order valence-corrected chi connectivity index (χ2v) is 6.24. The van der Waals surface area contributed by atoms with Crippen LogP contribution >= 0.6 is 0 Å². The molecule has 3 rings (SSSR count). The number of carbonyl (C=O) groups is 1. The molecule has 0 bridgehead atoms. The largest absolute Gasteiger partial charge is 0.399 e. The van der Waals surface area contributed by atoms with Gasteiger partial charge in [0.1, 0.15) is 0 Å². The molecule has 1 aliphatic rings. The first-order valence-corrected chi connectivity index (χ1v) is 7.84. The van der Waals surface area contributed by atoms with Crippen molar-refractivity contribution in [3.05, 3.63) is 65.2 Å². The van der Waals surface area contributed by atoms with Crippen LogP contribution in [-0.2, 0) is 5.54 Å². The van der Waals surface area contributed by atoms with Crippen LogP contribution in [0.5, 0.6) is 0 Å². The normalized spacial score (nSPS) is 16.4. The van der Waals surface area contributed by atoms with Gasteiger partial charge in [-0.25, -0.2) is 0 Å². The topological polar surface area (TPSA) is 55.1 Å². The standard InChI is InChI=1S/C19H22N2O/c1-14-6-4-8-16(12-14)19(10-2-3-11-19)21-18(22)15-7-5-9-17(20)13-15/h4-9,12-13H,2-3,10-11,20H2,1H3,(H,21,22). The Morgan fingerprint density at radius 1 is 1.09 bits per heavy atom. The Labute approximate surface area is 131 Å². The van der Waals surface area contributed by atoms with Crippen molar-refractivity contribution in [1.82, 2.24) is 5.32 Å².